The van der Waals surface area contributed by atoms with Gasteiger partial charge in [-0.25, -0.2) is 0 Å². The van der Waals surface area contributed by atoms with Gasteiger partial charge in [0.05, 0.1) is 5.56 Å². The van der Waals surface area contributed by atoms with Crippen LogP contribution in [0.25, 0.3) is 0 Å². The molecule has 1 saturated heterocycles. The Hall–Kier alpha value is -1.43. The number of nitrogen functional groups attached to an aromatic ring is 1. The number of anilines is 2. The maximum atomic E-state index is 12.8. The van der Waals surface area contributed by atoms with Gasteiger partial charge in [-0.2, -0.15) is 13.2 Å². The molecule has 0 spiro atoms. The van der Waals surface area contributed by atoms with Crippen LogP contribution in [0.4, 0.5) is 24.5 Å². The minimum Gasteiger partial charge on any atom is -0.398 e. The highest BCUT2D eigenvalue weighted by Crippen LogP contribution is 2.35. The SMILES string of the molecule is CC(CN1CCCC1)Nc1ccc(N)c(C(F)(F)F)c1. The average Bonchev–Trinajstić information content (AvgIpc) is 2.83. The Morgan fingerprint density at radius 1 is 1.30 bits per heavy atom. The molecule has 1 heterocycles. The minimum atomic E-state index is -4.42. The number of benzene rings is 1. The third kappa shape index (κ3) is 3.79. The monoisotopic (exact) mass is 287 g/mol. The molecular weight excluding hydrogens is 267 g/mol. The van der Waals surface area contributed by atoms with Gasteiger partial charge in [0.25, 0.3) is 0 Å². The van der Waals surface area contributed by atoms with Crippen molar-refractivity contribution in [1.29, 1.82) is 0 Å². The highest BCUT2D eigenvalue weighted by Gasteiger charge is 2.33. The zero-order chi connectivity index (χ0) is 14.8. The third-order valence-corrected chi connectivity index (χ3v) is 3.50. The molecule has 0 aliphatic carbocycles. The van der Waals surface area contributed by atoms with Crippen molar-refractivity contribution in [3.05, 3.63) is 23.8 Å². The van der Waals surface area contributed by atoms with E-state index in [-0.39, 0.29) is 11.7 Å². The summed E-state index contributed by atoms with van der Waals surface area (Å²) in [4.78, 5) is 2.32. The van der Waals surface area contributed by atoms with Crippen molar-refractivity contribution in [2.45, 2.75) is 32.0 Å². The van der Waals surface area contributed by atoms with Crippen LogP contribution in [0, 0.1) is 0 Å². The van der Waals surface area contributed by atoms with Crippen molar-refractivity contribution in [2.75, 3.05) is 30.7 Å². The van der Waals surface area contributed by atoms with E-state index in [2.05, 4.69) is 10.2 Å². The highest BCUT2D eigenvalue weighted by atomic mass is 19.4. The Balaban J connectivity index is 2.01. The minimum absolute atomic E-state index is 0.0952. The summed E-state index contributed by atoms with van der Waals surface area (Å²) in [7, 11) is 0. The second-order valence-electron chi connectivity index (χ2n) is 5.35. The van der Waals surface area contributed by atoms with Crippen LogP contribution in [0.3, 0.4) is 0 Å². The molecule has 6 heteroatoms. The second-order valence-corrected chi connectivity index (χ2v) is 5.35. The van der Waals surface area contributed by atoms with Gasteiger partial charge in [0, 0.05) is 24.0 Å². The molecule has 0 radical (unpaired) electrons. The predicted molar refractivity (Wildman–Crippen MR) is 74.6 cm³/mol. The van der Waals surface area contributed by atoms with Crippen molar-refractivity contribution < 1.29 is 13.2 Å². The standard InChI is InChI=1S/C14H20F3N3/c1-10(9-20-6-2-3-7-20)19-11-4-5-13(18)12(8-11)14(15,16)17/h4-5,8,10,19H,2-3,6-7,9,18H2,1H3. The molecule has 3 N–H and O–H groups in total. The van der Waals surface area contributed by atoms with E-state index in [1.54, 1.807) is 6.07 Å². The Kier molecular flexibility index (Phi) is 4.42. The Bertz CT molecular complexity index is 453. The van der Waals surface area contributed by atoms with Crippen molar-refractivity contribution >= 4 is 11.4 Å². The topological polar surface area (TPSA) is 41.3 Å². The van der Waals surface area contributed by atoms with Crippen LogP contribution >= 0.6 is 0 Å². The number of hydrogen-bond donors (Lipinski definition) is 2. The zero-order valence-corrected chi connectivity index (χ0v) is 11.5. The lowest BCUT2D eigenvalue weighted by atomic mass is 10.1. The third-order valence-electron chi connectivity index (χ3n) is 3.50. The Labute approximate surface area is 116 Å². The molecule has 1 aromatic carbocycles. The number of halogens is 3. The predicted octanol–water partition coefficient (Wildman–Crippen LogP) is 3.18. The van der Waals surface area contributed by atoms with E-state index in [1.165, 1.54) is 18.9 Å². The summed E-state index contributed by atoms with van der Waals surface area (Å²) in [5, 5.41) is 3.11. The van der Waals surface area contributed by atoms with Gasteiger partial charge in [0.15, 0.2) is 0 Å². The van der Waals surface area contributed by atoms with Crippen molar-refractivity contribution in [2.24, 2.45) is 0 Å². The second kappa shape index (κ2) is 5.91. The summed E-state index contributed by atoms with van der Waals surface area (Å²) in [6.07, 6.45) is -2.01. The number of alkyl halides is 3. The molecule has 0 bridgehead atoms. The Morgan fingerprint density at radius 2 is 1.95 bits per heavy atom. The van der Waals surface area contributed by atoms with Gasteiger partial charge < -0.3 is 16.0 Å². The van der Waals surface area contributed by atoms with Gasteiger partial charge in [0.2, 0.25) is 0 Å². The Morgan fingerprint density at radius 3 is 2.55 bits per heavy atom. The van der Waals surface area contributed by atoms with E-state index in [4.69, 9.17) is 5.73 Å². The van der Waals surface area contributed by atoms with Crippen LogP contribution in [0.2, 0.25) is 0 Å². The van der Waals surface area contributed by atoms with Gasteiger partial charge in [-0.05, 0) is 51.1 Å². The normalized spacial score (nSPS) is 18.2. The van der Waals surface area contributed by atoms with Crippen LogP contribution in [0.5, 0.6) is 0 Å². The van der Waals surface area contributed by atoms with Crippen molar-refractivity contribution in [3.8, 4) is 0 Å². The first-order valence-electron chi connectivity index (χ1n) is 6.82. The molecule has 1 aromatic rings. The lowest BCUT2D eigenvalue weighted by Gasteiger charge is -2.22. The molecule has 0 saturated carbocycles. The molecule has 112 valence electrons. The lowest BCUT2D eigenvalue weighted by Crippen LogP contribution is -2.33. The zero-order valence-electron chi connectivity index (χ0n) is 11.5. The fourth-order valence-corrected chi connectivity index (χ4v) is 2.57. The van der Waals surface area contributed by atoms with Crippen LogP contribution in [0.15, 0.2) is 18.2 Å². The van der Waals surface area contributed by atoms with E-state index < -0.39 is 11.7 Å². The van der Waals surface area contributed by atoms with Gasteiger partial charge >= 0.3 is 6.18 Å². The fourth-order valence-electron chi connectivity index (χ4n) is 2.57. The molecule has 1 aliphatic rings. The van der Waals surface area contributed by atoms with Gasteiger partial charge in [0.1, 0.15) is 0 Å². The number of nitrogens with two attached hydrogens (primary N) is 1. The summed E-state index contributed by atoms with van der Waals surface area (Å²) < 4.78 is 38.3. The van der Waals surface area contributed by atoms with E-state index >= 15 is 0 Å². The summed E-state index contributed by atoms with van der Waals surface area (Å²) in [6, 6.07) is 4.06. The molecule has 0 amide bonds. The molecule has 1 fully saturated rings. The maximum Gasteiger partial charge on any atom is 0.418 e. The lowest BCUT2D eigenvalue weighted by molar-refractivity contribution is -0.136. The summed E-state index contributed by atoms with van der Waals surface area (Å²) in [5.74, 6) is 0. The maximum absolute atomic E-state index is 12.8. The first-order chi connectivity index (χ1) is 9.36. The number of nitrogens with zero attached hydrogens (tertiary/aromatic N) is 1. The molecule has 1 aliphatic heterocycles. The quantitative estimate of drug-likeness (QED) is 0.836. The van der Waals surface area contributed by atoms with Gasteiger partial charge in [-0.3, -0.25) is 0 Å². The van der Waals surface area contributed by atoms with E-state index in [1.807, 2.05) is 6.92 Å². The molecule has 1 atom stereocenters. The molecule has 2 rings (SSSR count). The summed E-state index contributed by atoms with van der Waals surface area (Å²) in [5.41, 5.74) is 4.82. The van der Waals surface area contributed by atoms with E-state index in [0.29, 0.717) is 5.69 Å². The number of rotatable bonds is 4. The van der Waals surface area contributed by atoms with Crippen LogP contribution in [-0.4, -0.2) is 30.6 Å². The largest absolute Gasteiger partial charge is 0.418 e. The molecular formula is C14H20F3N3. The van der Waals surface area contributed by atoms with E-state index in [9.17, 15) is 13.2 Å². The first kappa shape index (κ1) is 15.0. The number of likely N-dealkylation sites (tertiary alicyclic amines) is 1. The molecule has 0 aromatic heterocycles. The highest BCUT2D eigenvalue weighted by molar-refractivity contribution is 5.58. The first-order valence-corrected chi connectivity index (χ1v) is 6.82. The van der Waals surface area contributed by atoms with Crippen LogP contribution in [-0.2, 0) is 6.18 Å². The summed E-state index contributed by atoms with van der Waals surface area (Å²) in [6.45, 7) is 4.96. The molecule has 3 nitrogen and oxygen atoms in total. The number of nitrogens with one attached hydrogen (secondary N) is 1. The summed E-state index contributed by atoms with van der Waals surface area (Å²) >= 11 is 0. The van der Waals surface area contributed by atoms with Gasteiger partial charge in [-0.15, -0.1) is 0 Å². The van der Waals surface area contributed by atoms with Crippen molar-refractivity contribution in [1.82, 2.24) is 4.90 Å². The number of hydrogen-bond acceptors (Lipinski definition) is 3. The van der Waals surface area contributed by atoms with Gasteiger partial charge in [-0.1, -0.05) is 0 Å². The van der Waals surface area contributed by atoms with Crippen LogP contribution < -0.4 is 11.1 Å². The van der Waals surface area contributed by atoms with Crippen LogP contribution in [0.1, 0.15) is 25.3 Å². The molecule has 1 unspecified atom stereocenters. The van der Waals surface area contributed by atoms with E-state index in [0.717, 1.165) is 25.7 Å². The molecule has 20 heavy (non-hydrogen) atoms. The smallest absolute Gasteiger partial charge is 0.398 e. The van der Waals surface area contributed by atoms with Crippen molar-refractivity contribution in [3.63, 3.8) is 0 Å². The average molecular weight is 287 g/mol. The fraction of sp³-hybridized carbons (Fsp3) is 0.571.